The van der Waals surface area contributed by atoms with Crippen LogP contribution in [0.5, 0.6) is 0 Å². The monoisotopic (exact) mass is 288 g/mol. The van der Waals surface area contributed by atoms with Crippen molar-refractivity contribution >= 4 is 11.4 Å². The van der Waals surface area contributed by atoms with E-state index in [1.54, 1.807) is 24.3 Å². The third-order valence-corrected chi connectivity index (χ3v) is 3.96. The lowest BCUT2D eigenvalue weighted by Crippen LogP contribution is -2.40. The molecule has 110 valence electrons. The molecule has 0 bridgehead atoms. The Balaban J connectivity index is 1.95. The maximum absolute atomic E-state index is 14.1. The molecule has 0 radical (unpaired) electrons. The van der Waals surface area contributed by atoms with E-state index in [9.17, 15) is 8.78 Å². The summed E-state index contributed by atoms with van der Waals surface area (Å²) in [6, 6.07) is 13.4. The standard InChI is InChI=1S/C17H18F2N2/c1-17(2)11-20(15-9-5-3-7-13(15)18)12-21(17)16-10-6-4-8-14(16)19/h3-10H,11-12H2,1-2H3. The Hall–Kier alpha value is -2.10. The van der Waals surface area contributed by atoms with Crippen molar-refractivity contribution in [2.45, 2.75) is 19.4 Å². The quantitative estimate of drug-likeness (QED) is 0.823. The first-order valence-corrected chi connectivity index (χ1v) is 7.01. The van der Waals surface area contributed by atoms with E-state index in [2.05, 4.69) is 0 Å². The van der Waals surface area contributed by atoms with Crippen LogP contribution in [0.1, 0.15) is 13.8 Å². The van der Waals surface area contributed by atoms with E-state index in [1.165, 1.54) is 12.1 Å². The van der Waals surface area contributed by atoms with E-state index in [0.29, 0.717) is 24.6 Å². The first kappa shape index (κ1) is 13.9. The second-order valence-corrected chi connectivity index (χ2v) is 5.98. The van der Waals surface area contributed by atoms with Gasteiger partial charge in [0, 0.05) is 6.54 Å². The highest BCUT2D eigenvalue weighted by atomic mass is 19.1. The normalized spacial score (nSPS) is 17.3. The van der Waals surface area contributed by atoms with E-state index in [0.717, 1.165) is 0 Å². The molecule has 0 N–H and O–H groups in total. The third-order valence-electron chi connectivity index (χ3n) is 3.96. The summed E-state index contributed by atoms with van der Waals surface area (Å²) in [6.45, 7) is 5.19. The molecule has 1 saturated heterocycles. The van der Waals surface area contributed by atoms with E-state index < -0.39 is 0 Å². The Morgan fingerprint density at radius 1 is 0.857 bits per heavy atom. The van der Waals surface area contributed by atoms with Crippen molar-refractivity contribution in [1.29, 1.82) is 0 Å². The molecule has 3 rings (SSSR count). The summed E-state index contributed by atoms with van der Waals surface area (Å²) in [5, 5.41) is 0. The average Bonchev–Trinajstić information content (AvgIpc) is 2.75. The first-order chi connectivity index (χ1) is 9.99. The Kier molecular flexibility index (Phi) is 3.32. The fraction of sp³-hybridized carbons (Fsp3) is 0.294. The molecule has 1 aliphatic heterocycles. The molecular weight excluding hydrogens is 270 g/mol. The lowest BCUT2D eigenvalue weighted by Gasteiger charge is -2.31. The lowest BCUT2D eigenvalue weighted by molar-refractivity contribution is 0.534. The van der Waals surface area contributed by atoms with E-state index >= 15 is 0 Å². The second-order valence-electron chi connectivity index (χ2n) is 5.98. The zero-order chi connectivity index (χ0) is 15.0. The fourth-order valence-corrected chi connectivity index (χ4v) is 2.91. The molecule has 1 heterocycles. The van der Waals surface area contributed by atoms with Crippen molar-refractivity contribution < 1.29 is 8.78 Å². The number of halogens is 2. The van der Waals surface area contributed by atoms with Crippen molar-refractivity contribution in [3.8, 4) is 0 Å². The van der Waals surface area contributed by atoms with Gasteiger partial charge in [-0.2, -0.15) is 0 Å². The molecule has 0 aliphatic carbocycles. The topological polar surface area (TPSA) is 6.48 Å². The number of rotatable bonds is 2. The summed E-state index contributed by atoms with van der Waals surface area (Å²) >= 11 is 0. The van der Waals surface area contributed by atoms with Gasteiger partial charge in [-0.3, -0.25) is 0 Å². The lowest BCUT2D eigenvalue weighted by atomic mass is 10.0. The van der Waals surface area contributed by atoms with Crippen LogP contribution in [0.25, 0.3) is 0 Å². The number of anilines is 2. The Bertz CT molecular complexity index is 655. The van der Waals surface area contributed by atoms with Crippen molar-refractivity contribution in [2.24, 2.45) is 0 Å². The molecule has 2 aromatic carbocycles. The summed E-state index contributed by atoms with van der Waals surface area (Å²) in [7, 11) is 0. The molecule has 0 amide bonds. The van der Waals surface area contributed by atoms with Crippen LogP contribution >= 0.6 is 0 Å². The zero-order valence-corrected chi connectivity index (χ0v) is 12.2. The van der Waals surface area contributed by atoms with Crippen molar-refractivity contribution in [2.75, 3.05) is 23.0 Å². The Labute approximate surface area is 123 Å². The van der Waals surface area contributed by atoms with Crippen LogP contribution in [-0.4, -0.2) is 18.8 Å². The number of hydrogen-bond acceptors (Lipinski definition) is 2. The van der Waals surface area contributed by atoms with Gasteiger partial charge in [-0.25, -0.2) is 8.78 Å². The van der Waals surface area contributed by atoms with Crippen LogP contribution in [0.4, 0.5) is 20.2 Å². The molecular formula is C17H18F2N2. The van der Waals surface area contributed by atoms with Gasteiger partial charge in [0.25, 0.3) is 0 Å². The minimum Gasteiger partial charge on any atom is -0.349 e. The van der Waals surface area contributed by atoms with E-state index in [-0.39, 0.29) is 17.2 Å². The minimum atomic E-state index is -0.273. The highest BCUT2D eigenvalue weighted by Crippen LogP contribution is 2.35. The minimum absolute atomic E-state index is 0.247. The summed E-state index contributed by atoms with van der Waals surface area (Å²) < 4.78 is 28.0. The van der Waals surface area contributed by atoms with Crippen LogP contribution in [0, 0.1) is 11.6 Å². The molecule has 0 saturated carbocycles. The predicted octanol–water partition coefficient (Wildman–Crippen LogP) is 4.03. The van der Waals surface area contributed by atoms with Crippen LogP contribution in [0.2, 0.25) is 0 Å². The molecule has 0 atom stereocenters. The summed E-state index contributed by atoms with van der Waals surface area (Å²) in [6.07, 6.45) is 0. The summed E-state index contributed by atoms with van der Waals surface area (Å²) in [5.41, 5.74) is 0.843. The fourth-order valence-electron chi connectivity index (χ4n) is 2.91. The van der Waals surface area contributed by atoms with Crippen LogP contribution in [0.15, 0.2) is 48.5 Å². The third kappa shape index (κ3) is 2.46. The van der Waals surface area contributed by atoms with Crippen molar-refractivity contribution in [3.63, 3.8) is 0 Å². The maximum atomic E-state index is 14.1. The summed E-state index contributed by atoms with van der Waals surface area (Å²) in [4.78, 5) is 3.93. The van der Waals surface area contributed by atoms with Crippen LogP contribution in [0.3, 0.4) is 0 Å². The van der Waals surface area contributed by atoms with Crippen LogP contribution < -0.4 is 9.80 Å². The predicted molar refractivity (Wildman–Crippen MR) is 81.6 cm³/mol. The molecule has 0 aromatic heterocycles. The molecule has 0 spiro atoms. The van der Waals surface area contributed by atoms with E-state index in [4.69, 9.17) is 0 Å². The first-order valence-electron chi connectivity index (χ1n) is 7.01. The zero-order valence-electron chi connectivity index (χ0n) is 12.2. The molecule has 1 aliphatic rings. The highest BCUT2D eigenvalue weighted by molar-refractivity contribution is 5.58. The molecule has 2 nitrogen and oxygen atoms in total. The maximum Gasteiger partial charge on any atom is 0.146 e. The number of benzene rings is 2. The molecule has 0 unspecified atom stereocenters. The summed E-state index contributed by atoms with van der Waals surface area (Å²) in [5.74, 6) is -0.496. The van der Waals surface area contributed by atoms with Crippen molar-refractivity contribution in [3.05, 3.63) is 60.2 Å². The van der Waals surface area contributed by atoms with Gasteiger partial charge >= 0.3 is 0 Å². The Morgan fingerprint density at radius 2 is 1.38 bits per heavy atom. The van der Waals surface area contributed by atoms with Crippen molar-refractivity contribution in [1.82, 2.24) is 0 Å². The average molecular weight is 288 g/mol. The smallest absolute Gasteiger partial charge is 0.146 e. The van der Waals surface area contributed by atoms with Gasteiger partial charge < -0.3 is 9.80 Å². The van der Waals surface area contributed by atoms with Crippen LogP contribution in [-0.2, 0) is 0 Å². The number of para-hydroxylation sites is 2. The van der Waals surface area contributed by atoms with Gasteiger partial charge in [0.05, 0.1) is 23.6 Å². The van der Waals surface area contributed by atoms with Gasteiger partial charge in [-0.15, -0.1) is 0 Å². The van der Waals surface area contributed by atoms with Gasteiger partial charge in [0.2, 0.25) is 0 Å². The Morgan fingerprint density at radius 3 is 1.95 bits per heavy atom. The molecule has 4 heteroatoms. The number of hydrogen-bond donors (Lipinski definition) is 0. The van der Waals surface area contributed by atoms with Gasteiger partial charge in [0.1, 0.15) is 11.6 Å². The SMILES string of the molecule is CC1(C)CN(c2ccccc2F)CN1c1ccccc1F. The highest BCUT2D eigenvalue weighted by Gasteiger charge is 2.38. The van der Waals surface area contributed by atoms with E-state index in [1.807, 2.05) is 35.8 Å². The van der Waals surface area contributed by atoms with Gasteiger partial charge in [-0.05, 0) is 38.1 Å². The largest absolute Gasteiger partial charge is 0.349 e. The second kappa shape index (κ2) is 5.02. The molecule has 2 aromatic rings. The molecule has 21 heavy (non-hydrogen) atoms. The number of nitrogens with zero attached hydrogens (tertiary/aromatic N) is 2. The molecule has 1 fully saturated rings. The van der Waals surface area contributed by atoms with Gasteiger partial charge in [0.15, 0.2) is 0 Å². The van der Waals surface area contributed by atoms with Gasteiger partial charge in [-0.1, -0.05) is 24.3 Å².